The van der Waals surface area contributed by atoms with Crippen molar-refractivity contribution in [3.05, 3.63) is 35.7 Å². The van der Waals surface area contributed by atoms with Gasteiger partial charge in [0.15, 0.2) is 5.78 Å². The largest absolute Gasteiger partial charge is 0.303 e. The minimum Gasteiger partial charge on any atom is -0.303 e. The first-order chi connectivity index (χ1) is 7.76. The predicted octanol–water partition coefficient (Wildman–Crippen LogP) is 1.67. The van der Waals surface area contributed by atoms with Gasteiger partial charge in [-0.2, -0.15) is 5.10 Å². The Kier molecular flexibility index (Phi) is 2.81. The molecule has 0 saturated heterocycles. The van der Waals surface area contributed by atoms with E-state index in [9.17, 15) is 9.59 Å². The third-order valence-electron chi connectivity index (χ3n) is 2.48. The molecule has 0 atom stereocenters. The van der Waals surface area contributed by atoms with Crippen LogP contribution in [-0.4, -0.2) is 21.7 Å². The first kappa shape index (κ1) is 10.5. The molecule has 0 fully saturated rings. The summed E-state index contributed by atoms with van der Waals surface area (Å²) in [7, 11) is 0. The first-order valence-corrected chi connectivity index (χ1v) is 5.20. The van der Waals surface area contributed by atoms with Gasteiger partial charge < -0.3 is 4.79 Å². The molecule has 0 N–H and O–H groups in total. The van der Waals surface area contributed by atoms with Crippen LogP contribution >= 0.6 is 0 Å². The zero-order valence-corrected chi connectivity index (χ0v) is 9.01. The van der Waals surface area contributed by atoms with Crippen molar-refractivity contribution in [2.24, 2.45) is 0 Å². The monoisotopic (exact) mass is 216 g/mol. The van der Waals surface area contributed by atoms with Gasteiger partial charge in [0.1, 0.15) is 6.29 Å². The van der Waals surface area contributed by atoms with E-state index in [1.165, 1.54) is 0 Å². The maximum absolute atomic E-state index is 11.7. The molecule has 0 aliphatic carbocycles. The normalized spacial score (nSPS) is 10.6. The van der Waals surface area contributed by atoms with E-state index in [0.29, 0.717) is 11.8 Å². The van der Waals surface area contributed by atoms with Crippen LogP contribution in [0.5, 0.6) is 0 Å². The number of aldehydes is 1. The van der Waals surface area contributed by atoms with Gasteiger partial charge in [0, 0.05) is 11.8 Å². The molecular weight excluding hydrogens is 204 g/mol. The van der Waals surface area contributed by atoms with E-state index in [1.807, 2.05) is 13.0 Å². The summed E-state index contributed by atoms with van der Waals surface area (Å²) < 4.78 is 1.68. The maximum atomic E-state index is 11.7. The van der Waals surface area contributed by atoms with E-state index in [-0.39, 0.29) is 12.2 Å². The quantitative estimate of drug-likeness (QED) is 0.443. The molecule has 82 valence electrons. The van der Waals surface area contributed by atoms with Gasteiger partial charge in [-0.05, 0) is 24.6 Å². The van der Waals surface area contributed by atoms with Gasteiger partial charge in [-0.15, -0.1) is 0 Å². The van der Waals surface area contributed by atoms with E-state index in [4.69, 9.17) is 0 Å². The van der Waals surface area contributed by atoms with Crippen LogP contribution in [-0.2, 0) is 11.2 Å². The third-order valence-corrected chi connectivity index (χ3v) is 2.48. The van der Waals surface area contributed by atoms with Crippen LogP contribution in [0, 0.1) is 0 Å². The summed E-state index contributed by atoms with van der Waals surface area (Å²) >= 11 is 0. The van der Waals surface area contributed by atoms with Crippen LogP contribution in [0.3, 0.4) is 0 Å². The highest BCUT2D eigenvalue weighted by molar-refractivity contribution is 6.07. The summed E-state index contributed by atoms with van der Waals surface area (Å²) in [6.45, 7) is 2.01. The van der Waals surface area contributed by atoms with Crippen molar-refractivity contribution >= 4 is 17.6 Å². The standard InChI is InChI=1S/C12H12N2O2/c1-2-9-8-11-10(12(16)5-7-15)4-3-6-14(11)13-9/h3-4,6-8H,2,5H2,1H3. The number of carbonyl (C=O) groups excluding carboxylic acids is 2. The molecule has 2 aromatic heterocycles. The molecule has 0 aliphatic heterocycles. The van der Waals surface area contributed by atoms with E-state index in [2.05, 4.69) is 5.10 Å². The van der Waals surface area contributed by atoms with Gasteiger partial charge in [0.05, 0.1) is 17.6 Å². The lowest BCUT2D eigenvalue weighted by molar-refractivity contribution is -0.107. The van der Waals surface area contributed by atoms with E-state index in [0.717, 1.165) is 17.6 Å². The number of nitrogens with zero attached hydrogens (tertiary/aromatic N) is 2. The molecule has 16 heavy (non-hydrogen) atoms. The van der Waals surface area contributed by atoms with Gasteiger partial charge in [0.2, 0.25) is 0 Å². The zero-order chi connectivity index (χ0) is 11.5. The number of carbonyl (C=O) groups is 2. The molecule has 0 radical (unpaired) electrons. The Labute approximate surface area is 92.9 Å². The van der Waals surface area contributed by atoms with E-state index in [1.54, 1.807) is 22.8 Å². The van der Waals surface area contributed by atoms with Gasteiger partial charge >= 0.3 is 0 Å². The zero-order valence-electron chi connectivity index (χ0n) is 9.01. The molecule has 4 nitrogen and oxygen atoms in total. The van der Waals surface area contributed by atoms with Crippen LogP contribution in [0.1, 0.15) is 29.4 Å². The summed E-state index contributed by atoms with van der Waals surface area (Å²) in [4.78, 5) is 22.0. The molecule has 2 aromatic rings. The first-order valence-electron chi connectivity index (χ1n) is 5.20. The number of hydrogen-bond donors (Lipinski definition) is 0. The number of Topliss-reactive ketones (excluding diaryl/α,β-unsaturated/α-hetero) is 1. The van der Waals surface area contributed by atoms with Crippen molar-refractivity contribution < 1.29 is 9.59 Å². The number of ketones is 1. The molecule has 0 bridgehead atoms. The fraction of sp³-hybridized carbons (Fsp3) is 0.250. The number of pyridine rings is 1. The second-order valence-electron chi connectivity index (χ2n) is 3.53. The van der Waals surface area contributed by atoms with Crippen LogP contribution in [0.25, 0.3) is 5.52 Å². The predicted molar refractivity (Wildman–Crippen MR) is 59.6 cm³/mol. The molecule has 0 amide bonds. The topological polar surface area (TPSA) is 51.4 Å². The molecule has 2 rings (SSSR count). The Morgan fingerprint density at radius 3 is 3.06 bits per heavy atom. The molecule has 4 heteroatoms. The lowest BCUT2D eigenvalue weighted by Gasteiger charge is -1.99. The van der Waals surface area contributed by atoms with Crippen molar-refractivity contribution in [3.8, 4) is 0 Å². The number of aromatic nitrogens is 2. The summed E-state index contributed by atoms with van der Waals surface area (Å²) in [6.07, 6.45) is 3.17. The molecule has 2 heterocycles. The fourth-order valence-corrected chi connectivity index (χ4v) is 1.66. The van der Waals surface area contributed by atoms with Crippen molar-refractivity contribution in [1.82, 2.24) is 9.61 Å². The number of hydrogen-bond acceptors (Lipinski definition) is 3. The smallest absolute Gasteiger partial charge is 0.172 e. The molecular formula is C12H12N2O2. The minimum atomic E-state index is -0.164. The minimum absolute atomic E-state index is 0.0771. The van der Waals surface area contributed by atoms with E-state index < -0.39 is 0 Å². The Morgan fingerprint density at radius 2 is 2.38 bits per heavy atom. The van der Waals surface area contributed by atoms with Gasteiger partial charge in [0.25, 0.3) is 0 Å². The Balaban J connectivity index is 2.56. The highest BCUT2D eigenvalue weighted by Crippen LogP contribution is 2.14. The van der Waals surface area contributed by atoms with Crippen LogP contribution in [0.15, 0.2) is 24.4 Å². The Hall–Kier alpha value is -1.97. The lowest BCUT2D eigenvalue weighted by atomic mass is 10.1. The van der Waals surface area contributed by atoms with E-state index >= 15 is 0 Å². The van der Waals surface area contributed by atoms with Gasteiger partial charge in [-0.3, -0.25) is 4.79 Å². The summed E-state index contributed by atoms with van der Waals surface area (Å²) in [6, 6.07) is 5.37. The van der Waals surface area contributed by atoms with Crippen LogP contribution in [0.2, 0.25) is 0 Å². The molecule has 0 spiro atoms. The Morgan fingerprint density at radius 1 is 1.56 bits per heavy atom. The summed E-state index contributed by atoms with van der Waals surface area (Å²) in [5.41, 5.74) is 2.26. The SMILES string of the molecule is CCc1cc2c(C(=O)CC=O)cccn2n1. The highest BCUT2D eigenvalue weighted by atomic mass is 16.1. The molecule has 0 aromatic carbocycles. The lowest BCUT2D eigenvalue weighted by Crippen LogP contribution is -2.02. The van der Waals surface area contributed by atoms with Gasteiger partial charge in [-0.25, -0.2) is 4.52 Å². The second kappa shape index (κ2) is 4.26. The fourth-order valence-electron chi connectivity index (χ4n) is 1.66. The van der Waals surface area contributed by atoms with Crippen molar-refractivity contribution in [2.75, 3.05) is 0 Å². The molecule has 0 saturated carbocycles. The second-order valence-corrected chi connectivity index (χ2v) is 3.53. The van der Waals surface area contributed by atoms with Crippen LogP contribution in [0.4, 0.5) is 0 Å². The van der Waals surface area contributed by atoms with Crippen molar-refractivity contribution in [1.29, 1.82) is 0 Å². The molecule has 0 aliphatic rings. The highest BCUT2D eigenvalue weighted by Gasteiger charge is 2.11. The number of rotatable bonds is 4. The number of aryl methyl sites for hydroxylation is 1. The third kappa shape index (κ3) is 1.74. The summed E-state index contributed by atoms with van der Waals surface area (Å²) in [5, 5.41) is 4.31. The Bertz CT molecular complexity index is 543. The number of fused-ring (bicyclic) bond motifs is 1. The molecule has 0 unspecified atom stereocenters. The maximum Gasteiger partial charge on any atom is 0.172 e. The van der Waals surface area contributed by atoms with Crippen molar-refractivity contribution in [2.45, 2.75) is 19.8 Å². The van der Waals surface area contributed by atoms with Crippen LogP contribution < -0.4 is 0 Å². The average Bonchev–Trinajstić information content (AvgIpc) is 2.71. The van der Waals surface area contributed by atoms with Crippen molar-refractivity contribution in [3.63, 3.8) is 0 Å². The average molecular weight is 216 g/mol. The van der Waals surface area contributed by atoms with Gasteiger partial charge in [-0.1, -0.05) is 6.92 Å². The summed E-state index contributed by atoms with van der Waals surface area (Å²) in [5.74, 6) is -0.164.